The third-order valence-electron chi connectivity index (χ3n) is 6.02. The van der Waals surface area contributed by atoms with Crippen molar-refractivity contribution in [3.63, 3.8) is 0 Å². The standard InChI is InChI=1S/C20H22N8O3S/c1-27-18(29)20(7-3-2-4-8-20)28-15(12-24-27)9-13-10-23-19(26-17(13)28)25-14-5-6-16(22-11-14)32(21,30)31/h5-6,9-12H,2-4,7-8H2,1H3,(H2,21,30,31)(H,23,25,26). The summed E-state index contributed by atoms with van der Waals surface area (Å²) >= 11 is 0. The molecule has 0 saturated heterocycles. The summed E-state index contributed by atoms with van der Waals surface area (Å²) in [5, 5.41) is 14.5. The van der Waals surface area contributed by atoms with Crippen LogP contribution in [0.25, 0.3) is 11.0 Å². The van der Waals surface area contributed by atoms with Crippen molar-refractivity contribution in [2.45, 2.75) is 42.7 Å². The minimum absolute atomic E-state index is 0.0411. The Balaban J connectivity index is 1.58. The Bertz CT molecular complexity index is 1340. The highest BCUT2D eigenvalue weighted by atomic mass is 32.2. The van der Waals surface area contributed by atoms with Gasteiger partial charge in [0.1, 0.15) is 11.2 Å². The van der Waals surface area contributed by atoms with Gasteiger partial charge in [0.05, 0.1) is 23.8 Å². The van der Waals surface area contributed by atoms with Gasteiger partial charge >= 0.3 is 0 Å². The highest BCUT2D eigenvalue weighted by molar-refractivity contribution is 7.89. The number of likely N-dealkylation sites (N-methyl/N-ethyl adjacent to an activating group) is 1. The van der Waals surface area contributed by atoms with E-state index >= 15 is 0 Å². The van der Waals surface area contributed by atoms with Gasteiger partial charge in [-0.15, -0.1) is 0 Å². The second kappa shape index (κ2) is 7.35. The lowest BCUT2D eigenvalue weighted by atomic mass is 9.80. The van der Waals surface area contributed by atoms with Crippen molar-refractivity contribution in [1.29, 1.82) is 0 Å². The number of anilines is 2. The summed E-state index contributed by atoms with van der Waals surface area (Å²) in [4.78, 5) is 26.3. The van der Waals surface area contributed by atoms with Crippen molar-refractivity contribution in [2.24, 2.45) is 10.2 Å². The van der Waals surface area contributed by atoms with Crippen LogP contribution < -0.4 is 10.5 Å². The van der Waals surface area contributed by atoms with Crippen molar-refractivity contribution in [2.75, 3.05) is 12.4 Å². The van der Waals surface area contributed by atoms with Crippen LogP contribution in [0.2, 0.25) is 0 Å². The molecule has 11 nitrogen and oxygen atoms in total. The van der Waals surface area contributed by atoms with E-state index in [-0.39, 0.29) is 10.9 Å². The summed E-state index contributed by atoms with van der Waals surface area (Å²) in [5.41, 5.74) is 1.23. The first kappa shape index (κ1) is 20.5. The van der Waals surface area contributed by atoms with Crippen LogP contribution in [0.1, 0.15) is 37.8 Å². The Morgan fingerprint density at radius 3 is 2.59 bits per heavy atom. The Kier molecular flexibility index (Phi) is 4.71. The van der Waals surface area contributed by atoms with Crippen molar-refractivity contribution < 1.29 is 13.2 Å². The zero-order chi connectivity index (χ0) is 22.5. The third-order valence-corrected chi connectivity index (χ3v) is 6.84. The molecule has 32 heavy (non-hydrogen) atoms. The number of primary sulfonamides is 1. The summed E-state index contributed by atoms with van der Waals surface area (Å²) in [6.45, 7) is 0. The summed E-state index contributed by atoms with van der Waals surface area (Å²) in [7, 11) is -2.19. The zero-order valence-corrected chi connectivity index (χ0v) is 18.2. The fourth-order valence-electron chi connectivity index (χ4n) is 4.54. The van der Waals surface area contributed by atoms with Gasteiger partial charge in [-0.1, -0.05) is 19.3 Å². The summed E-state index contributed by atoms with van der Waals surface area (Å²) in [5.74, 6) is 0.261. The van der Waals surface area contributed by atoms with E-state index < -0.39 is 15.6 Å². The number of aromatic nitrogens is 4. The molecule has 0 bridgehead atoms. The lowest BCUT2D eigenvalue weighted by molar-refractivity contribution is -0.141. The predicted octanol–water partition coefficient (Wildman–Crippen LogP) is 1.68. The number of hydrazone groups is 1. The maximum Gasteiger partial charge on any atom is 0.268 e. The number of nitrogens with two attached hydrogens (primary N) is 1. The molecular formula is C20H22N8O3S. The minimum atomic E-state index is -3.87. The predicted molar refractivity (Wildman–Crippen MR) is 118 cm³/mol. The maximum absolute atomic E-state index is 13.4. The van der Waals surface area contributed by atoms with Crippen molar-refractivity contribution in [3.8, 4) is 0 Å². The van der Waals surface area contributed by atoms with Crippen molar-refractivity contribution in [1.82, 2.24) is 24.5 Å². The SMILES string of the molecule is CN1N=Cc2cc3cnc(Nc4ccc(S(N)(=O)=O)nc4)nc3n2C2(CCCCC2)C1=O. The second-order valence-electron chi connectivity index (χ2n) is 8.10. The highest BCUT2D eigenvalue weighted by Crippen LogP contribution is 2.41. The van der Waals surface area contributed by atoms with E-state index in [1.165, 1.54) is 23.3 Å². The third kappa shape index (κ3) is 3.31. The number of carbonyl (C=O) groups excluding carboxylic acids is 1. The molecule has 1 amide bonds. The minimum Gasteiger partial charge on any atom is -0.323 e. The molecule has 1 fully saturated rings. The Hall–Kier alpha value is -3.38. The van der Waals surface area contributed by atoms with Gasteiger partial charge in [-0.05, 0) is 31.0 Å². The molecule has 0 unspecified atom stereocenters. The van der Waals surface area contributed by atoms with Gasteiger partial charge in [-0.2, -0.15) is 10.1 Å². The number of pyridine rings is 1. The van der Waals surface area contributed by atoms with E-state index in [2.05, 4.69) is 20.4 Å². The Morgan fingerprint density at radius 1 is 1.12 bits per heavy atom. The van der Waals surface area contributed by atoms with Gasteiger partial charge in [0.15, 0.2) is 5.03 Å². The lowest BCUT2D eigenvalue weighted by Crippen LogP contribution is -2.48. The molecule has 0 aromatic carbocycles. The molecule has 0 atom stereocenters. The first-order valence-corrected chi connectivity index (χ1v) is 11.8. The van der Waals surface area contributed by atoms with Crippen molar-refractivity contribution >= 4 is 44.8 Å². The van der Waals surface area contributed by atoms with Gasteiger partial charge < -0.3 is 9.88 Å². The van der Waals surface area contributed by atoms with E-state index in [4.69, 9.17) is 10.1 Å². The van der Waals surface area contributed by atoms with Gasteiger partial charge in [-0.3, -0.25) is 4.79 Å². The van der Waals surface area contributed by atoms with E-state index in [1.54, 1.807) is 19.5 Å². The van der Waals surface area contributed by atoms with E-state index in [1.807, 2.05) is 10.6 Å². The molecule has 166 valence electrons. The van der Waals surface area contributed by atoms with Crippen LogP contribution in [0, 0.1) is 0 Å². The number of sulfonamides is 1. The number of hydrogen-bond donors (Lipinski definition) is 2. The first-order valence-electron chi connectivity index (χ1n) is 10.2. The fourth-order valence-corrected chi connectivity index (χ4v) is 4.99. The van der Waals surface area contributed by atoms with Gasteiger partial charge in [0.25, 0.3) is 15.9 Å². The number of nitrogens with zero attached hydrogens (tertiary/aromatic N) is 6. The van der Waals surface area contributed by atoms with Gasteiger partial charge in [0.2, 0.25) is 5.95 Å². The first-order chi connectivity index (χ1) is 15.3. The fraction of sp³-hybridized carbons (Fsp3) is 0.350. The number of nitrogens with one attached hydrogen (secondary N) is 1. The van der Waals surface area contributed by atoms with Crippen LogP contribution >= 0.6 is 0 Å². The summed E-state index contributed by atoms with van der Waals surface area (Å²) in [6.07, 6.45) is 9.18. The monoisotopic (exact) mass is 454 g/mol. The molecule has 1 saturated carbocycles. The average molecular weight is 455 g/mol. The normalized spacial score (nSPS) is 18.1. The molecule has 4 heterocycles. The van der Waals surface area contributed by atoms with Crippen LogP contribution in [-0.4, -0.2) is 52.1 Å². The second-order valence-corrected chi connectivity index (χ2v) is 9.61. The van der Waals surface area contributed by atoms with Gasteiger partial charge in [-0.25, -0.2) is 28.5 Å². The topological polar surface area (TPSA) is 148 Å². The number of rotatable bonds is 3. The Morgan fingerprint density at radius 2 is 1.91 bits per heavy atom. The number of fused-ring (bicyclic) bond motifs is 4. The van der Waals surface area contributed by atoms with E-state index in [0.717, 1.165) is 43.2 Å². The lowest BCUT2D eigenvalue weighted by Gasteiger charge is -2.38. The number of carbonyl (C=O) groups is 1. The van der Waals surface area contributed by atoms with Crippen molar-refractivity contribution in [3.05, 3.63) is 36.3 Å². The largest absolute Gasteiger partial charge is 0.323 e. The zero-order valence-electron chi connectivity index (χ0n) is 17.4. The van der Waals surface area contributed by atoms with Crippen LogP contribution in [-0.2, 0) is 20.4 Å². The molecule has 1 aliphatic heterocycles. The molecule has 1 spiro atoms. The molecule has 12 heteroatoms. The summed E-state index contributed by atoms with van der Waals surface area (Å²) in [6, 6.07) is 4.78. The quantitative estimate of drug-likeness (QED) is 0.611. The number of amides is 1. The highest BCUT2D eigenvalue weighted by Gasteiger charge is 2.46. The van der Waals surface area contributed by atoms with E-state index in [0.29, 0.717) is 17.3 Å². The van der Waals surface area contributed by atoms with Gasteiger partial charge in [0, 0.05) is 18.6 Å². The molecule has 2 aliphatic rings. The molecular weight excluding hydrogens is 432 g/mol. The average Bonchev–Trinajstić information content (AvgIpc) is 3.11. The van der Waals surface area contributed by atoms with Crippen LogP contribution in [0.5, 0.6) is 0 Å². The molecule has 3 aromatic heterocycles. The molecule has 3 aromatic rings. The van der Waals surface area contributed by atoms with Crippen LogP contribution in [0.15, 0.2) is 40.7 Å². The molecule has 1 aliphatic carbocycles. The van der Waals surface area contributed by atoms with Crippen LogP contribution in [0.3, 0.4) is 0 Å². The molecule has 3 N–H and O–H groups in total. The molecule has 5 rings (SSSR count). The van der Waals surface area contributed by atoms with E-state index in [9.17, 15) is 13.2 Å². The number of hydrogen-bond acceptors (Lipinski definition) is 8. The molecule has 0 radical (unpaired) electrons. The maximum atomic E-state index is 13.4. The smallest absolute Gasteiger partial charge is 0.268 e. The summed E-state index contributed by atoms with van der Waals surface area (Å²) < 4.78 is 24.8. The Labute approximate surface area is 184 Å². The van der Waals surface area contributed by atoms with Crippen LogP contribution in [0.4, 0.5) is 11.6 Å².